The third-order valence-corrected chi connectivity index (χ3v) is 8.56. The molecule has 1 aromatic heterocycles. The number of hydrogen-bond donors (Lipinski definition) is 1. The second-order valence-corrected chi connectivity index (χ2v) is 11.0. The lowest BCUT2D eigenvalue weighted by atomic mass is 9.83. The summed E-state index contributed by atoms with van der Waals surface area (Å²) in [4.78, 5) is 30.0. The molecule has 184 valence electrons. The molecule has 0 amide bonds. The number of hydrogen-bond acceptors (Lipinski definition) is 6. The van der Waals surface area contributed by atoms with Gasteiger partial charge in [0.2, 0.25) is 5.75 Å². The molecule has 1 aliphatic carbocycles. The molecule has 0 radical (unpaired) electrons. The van der Waals surface area contributed by atoms with E-state index in [9.17, 15) is 20.0 Å². The van der Waals surface area contributed by atoms with Gasteiger partial charge in [-0.3, -0.25) is 19.5 Å². The topological polar surface area (TPSA) is 97.7 Å². The van der Waals surface area contributed by atoms with Gasteiger partial charge in [0, 0.05) is 16.7 Å². The van der Waals surface area contributed by atoms with Crippen LogP contribution >= 0.6 is 38.9 Å². The van der Waals surface area contributed by atoms with E-state index in [0.29, 0.717) is 19.9 Å². The van der Waals surface area contributed by atoms with Crippen LogP contribution < -0.4 is 14.9 Å². The van der Waals surface area contributed by atoms with Gasteiger partial charge < -0.3 is 5.11 Å². The van der Waals surface area contributed by atoms with Gasteiger partial charge in [-0.2, -0.15) is 0 Å². The Kier molecular flexibility index (Phi) is 5.86. The Morgan fingerprint density at radius 1 is 1.16 bits per heavy atom. The minimum atomic E-state index is -0.665. The van der Waals surface area contributed by atoms with Crippen LogP contribution in [0, 0.1) is 10.1 Å². The van der Waals surface area contributed by atoms with Gasteiger partial charge >= 0.3 is 5.69 Å². The fourth-order valence-corrected chi connectivity index (χ4v) is 6.68. The number of nitrogens with zero attached hydrogens (tertiary/aromatic N) is 3. The van der Waals surface area contributed by atoms with Crippen LogP contribution in [0.5, 0.6) is 5.75 Å². The first-order valence-electron chi connectivity index (χ1n) is 11.4. The van der Waals surface area contributed by atoms with Gasteiger partial charge in [-0.25, -0.2) is 4.99 Å². The number of benzene rings is 3. The van der Waals surface area contributed by atoms with E-state index in [4.69, 9.17) is 16.6 Å². The van der Waals surface area contributed by atoms with E-state index in [0.717, 1.165) is 35.2 Å². The molecular formula is C27H17BrClN3O4S. The van der Waals surface area contributed by atoms with Crippen molar-refractivity contribution in [1.82, 2.24) is 4.57 Å². The Bertz CT molecular complexity index is 1840. The Balaban J connectivity index is 1.63. The highest BCUT2D eigenvalue weighted by atomic mass is 79.9. The number of aromatic nitrogens is 1. The lowest BCUT2D eigenvalue weighted by molar-refractivity contribution is -0.386. The van der Waals surface area contributed by atoms with Crippen molar-refractivity contribution in [3.63, 3.8) is 0 Å². The van der Waals surface area contributed by atoms with Crippen molar-refractivity contribution in [3.8, 4) is 5.75 Å². The summed E-state index contributed by atoms with van der Waals surface area (Å²) >= 11 is 11.0. The highest BCUT2D eigenvalue weighted by Gasteiger charge is 2.33. The van der Waals surface area contributed by atoms with Gasteiger partial charge in [0.15, 0.2) is 4.80 Å². The van der Waals surface area contributed by atoms with Crippen molar-refractivity contribution >= 4 is 56.3 Å². The zero-order chi connectivity index (χ0) is 25.8. The molecule has 0 fully saturated rings. The SMILES string of the molecule is O=c1/c(=C/c2cc(Br)c(O)c([N+](=O)[O-])c2)sc2n1[C@H](c1ccccc1Cl)C1=C(N=2)c2ccccc2CC1. The van der Waals surface area contributed by atoms with E-state index in [-0.39, 0.29) is 10.0 Å². The number of thiazole rings is 1. The molecule has 10 heteroatoms. The van der Waals surface area contributed by atoms with E-state index in [1.165, 1.54) is 29.0 Å². The summed E-state index contributed by atoms with van der Waals surface area (Å²) < 4.78 is 2.21. The molecule has 2 aliphatic rings. The Morgan fingerprint density at radius 2 is 1.92 bits per heavy atom. The standard InChI is InChI=1S/C27H17BrClN3O4S/c28-19-11-14(12-21(25(19)33)32(35)36)13-22-26(34)31-24(17-7-3-4-8-20(17)29)18-10-9-15-5-1-2-6-16(15)23(18)30-27(31)37-22/h1-8,11-13,24,33H,9-10H2/b22-13-/t24-/m1/s1. The minimum absolute atomic E-state index is 0.168. The van der Waals surface area contributed by atoms with Crippen molar-refractivity contribution in [2.24, 2.45) is 4.99 Å². The molecule has 2 heterocycles. The molecule has 0 spiro atoms. The highest BCUT2D eigenvalue weighted by Crippen LogP contribution is 2.42. The third-order valence-electron chi connectivity index (χ3n) is 6.63. The van der Waals surface area contributed by atoms with Crippen LogP contribution in [0.15, 0.2) is 80.5 Å². The van der Waals surface area contributed by atoms with Crippen molar-refractivity contribution in [2.75, 3.05) is 0 Å². The number of halogens is 2. The molecule has 37 heavy (non-hydrogen) atoms. The van der Waals surface area contributed by atoms with Crippen LogP contribution in [-0.4, -0.2) is 14.6 Å². The van der Waals surface area contributed by atoms with Crippen molar-refractivity contribution in [3.05, 3.63) is 128 Å². The fourth-order valence-electron chi connectivity index (χ4n) is 4.97. The number of phenols is 1. The van der Waals surface area contributed by atoms with Crippen LogP contribution in [0.2, 0.25) is 5.02 Å². The predicted octanol–water partition coefficient (Wildman–Crippen LogP) is 5.35. The molecule has 4 aromatic rings. The maximum Gasteiger partial charge on any atom is 0.312 e. The molecule has 1 N–H and O–H groups in total. The molecule has 0 saturated carbocycles. The largest absolute Gasteiger partial charge is 0.501 e. The van der Waals surface area contributed by atoms with Gasteiger partial charge in [-0.1, -0.05) is 65.4 Å². The van der Waals surface area contributed by atoms with Gasteiger partial charge in [-0.05, 0) is 69.2 Å². The first-order valence-corrected chi connectivity index (χ1v) is 13.4. The third kappa shape index (κ3) is 3.94. The number of aromatic hydroxyl groups is 1. The Morgan fingerprint density at radius 3 is 2.70 bits per heavy atom. The zero-order valence-electron chi connectivity index (χ0n) is 19.0. The molecule has 0 bridgehead atoms. The number of aryl methyl sites for hydroxylation is 1. The fraction of sp³-hybridized carbons (Fsp3) is 0.111. The molecule has 7 nitrogen and oxygen atoms in total. The normalized spacial score (nSPS) is 16.6. The average Bonchev–Trinajstić information content (AvgIpc) is 3.19. The summed E-state index contributed by atoms with van der Waals surface area (Å²) in [5.74, 6) is -0.464. The minimum Gasteiger partial charge on any atom is -0.501 e. The van der Waals surface area contributed by atoms with Crippen LogP contribution in [0.25, 0.3) is 11.8 Å². The molecule has 0 unspecified atom stereocenters. The summed E-state index contributed by atoms with van der Waals surface area (Å²) in [7, 11) is 0. The summed E-state index contributed by atoms with van der Waals surface area (Å²) in [6.07, 6.45) is 3.16. The van der Waals surface area contributed by atoms with Crippen LogP contribution in [0.3, 0.4) is 0 Å². The predicted molar refractivity (Wildman–Crippen MR) is 147 cm³/mol. The summed E-state index contributed by atoms with van der Waals surface area (Å²) in [6, 6.07) is 18.0. The maximum absolute atomic E-state index is 13.8. The van der Waals surface area contributed by atoms with Crippen LogP contribution in [-0.2, 0) is 6.42 Å². The van der Waals surface area contributed by atoms with E-state index < -0.39 is 22.4 Å². The number of allylic oxidation sites excluding steroid dienone is 1. The van der Waals surface area contributed by atoms with Gasteiger partial charge in [-0.15, -0.1) is 0 Å². The van der Waals surface area contributed by atoms with Crippen LogP contribution in [0.4, 0.5) is 5.69 Å². The smallest absolute Gasteiger partial charge is 0.312 e. The van der Waals surface area contributed by atoms with E-state index in [2.05, 4.69) is 28.1 Å². The Labute approximate surface area is 227 Å². The van der Waals surface area contributed by atoms with Crippen molar-refractivity contribution in [2.45, 2.75) is 18.9 Å². The lowest BCUT2D eigenvalue weighted by Gasteiger charge is -2.31. The number of phenolic OH excluding ortho intramolecular Hbond substituents is 1. The molecule has 6 rings (SSSR count). The monoisotopic (exact) mass is 593 g/mol. The van der Waals surface area contributed by atoms with Crippen molar-refractivity contribution in [1.29, 1.82) is 0 Å². The first kappa shape index (κ1) is 23.8. The lowest BCUT2D eigenvalue weighted by Crippen LogP contribution is -2.38. The quantitative estimate of drug-likeness (QED) is 0.255. The second kappa shape index (κ2) is 9.09. The average molecular weight is 595 g/mol. The number of nitro benzene ring substituents is 1. The van der Waals surface area contributed by atoms with Gasteiger partial charge in [0.05, 0.1) is 25.7 Å². The highest BCUT2D eigenvalue weighted by molar-refractivity contribution is 9.10. The summed E-state index contributed by atoms with van der Waals surface area (Å²) in [6.45, 7) is 0. The van der Waals surface area contributed by atoms with Crippen molar-refractivity contribution < 1.29 is 10.0 Å². The number of nitro groups is 1. The molecule has 3 aromatic carbocycles. The summed E-state index contributed by atoms with van der Waals surface area (Å²) in [5, 5.41) is 22.0. The maximum atomic E-state index is 13.8. The Hall–Kier alpha value is -3.53. The molecule has 1 atom stereocenters. The van der Waals surface area contributed by atoms with E-state index in [1.807, 2.05) is 36.4 Å². The number of fused-ring (bicyclic) bond motifs is 3. The zero-order valence-corrected chi connectivity index (χ0v) is 22.2. The summed E-state index contributed by atoms with van der Waals surface area (Å²) in [5.41, 5.74) is 4.68. The van der Waals surface area contributed by atoms with Gasteiger partial charge in [0.1, 0.15) is 0 Å². The van der Waals surface area contributed by atoms with Crippen LogP contribution in [0.1, 0.15) is 34.7 Å². The van der Waals surface area contributed by atoms with E-state index in [1.54, 1.807) is 10.6 Å². The van der Waals surface area contributed by atoms with Gasteiger partial charge in [0.25, 0.3) is 5.56 Å². The molecular weight excluding hydrogens is 578 g/mol. The molecule has 0 saturated heterocycles. The second-order valence-electron chi connectivity index (χ2n) is 8.76. The first-order chi connectivity index (χ1) is 17.8. The molecule has 1 aliphatic heterocycles. The van der Waals surface area contributed by atoms with E-state index >= 15 is 0 Å². The number of rotatable bonds is 3.